The Bertz CT molecular complexity index is 553. The van der Waals surface area contributed by atoms with Crippen molar-refractivity contribution in [3.63, 3.8) is 0 Å². The van der Waals surface area contributed by atoms with E-state index in [-0.39, 0.29) is 0 Å². The van der Waals surface area contributed by atoms with E-state index >= 15 is 0 Å². The Labute approximate surface area is 152 Å². The molecule has 0 unspecified atom stereocenters. The number of hydrogen-bond acceptors (Lipinski definition) is 2. The molecule has 1 aliphatic carbocycles. The molecule has 0 bridgehead atoms. The molecule has 25 heavy (non-hydrogen) atoms. The van der Waals surface area contributed by atoms with Crippen molar-refractivity contribution in [3.05, 3.63) is 71.8 Å². The second-order valence-electron chi connectivity index (χ2n) is 7.55. The fourth-order valence-corrected chi connectivity index (χ4v) is 3.72. The third-order valence-corrected chi connectivity index (χ3v) is 5.15. The smallest absolute Gasteiger partial charge is 0.0431 e. The molecule has 1 N–H and O–H groups in total. The van der Waals surface area contributed by atoms with E-state index in [0.717, 1.165) is 38.4 Å². The molecule has 0 heterocycles. The number of aliphatic hydroxyl groups is 1. The van der Waals surface area contributed by atoms with Gasteiger partial charge in [0.25, 0.3) is 0 Å². The quantitative estimate of drug-likeness (QED) is 0.632. The molecule has 0 radical (unpaired) electrons. The summed E-state index contributed by atoms with van der Waals surface area (Å²) in [6.07, 6.45) is 6.23. The van der Waals surface area contributed by atoms with Crippen LogP contribution in [0, 0.1) is 11.8 Å². The molecular weight excluding hydrogens is 306 g/mol. The van der Waals surface area contributed by atoms with Crippen LogP contribution in [0.4, 0.5) is 0 Å². The lowest BCUT2D eigenvalue weighted by atomic mass is 9.95. The van der Waals surface area contributed by atoms with Crippen LogP contribution in [0.5, 0.6) is 0 Å². The van der Waals surface area contributed by atoms with E-state index in [1.165, 1.54) is 30.4 Å². The van der Waals surface area contributed by atoms with Crippen molar-refractivity contribution in [1.82, 2.24) is 4.90 Å². The summed E-state index contributed by atoms with van der Waals surface area (Å²) in [5.41, 5.74) is 2.76. The van der Waals surface area contributed by atoms with Gasteiger partial charge in [-0.15, -0.1) is 0 Å². The van der Waals surface area contributed by atoms with Crippen LogP contribution in [0.15, 0.2) is 60.7 Å². The van der Waals surface area contributed by atoms with Gasteiger partial charge >= 0.3 is 0 Å². The first kappa shape index (κ1) is 18.2. The summed E-state index contributed by atoms with van der Waals surface area (Å²) in [4.78, 5) is 2.59. The van der Waals surface area contributed by atoms with Crippen LogP contribution in [-0.4, -0.2) is 23.2 Å². The number of nitrogens with zero attached hydrogens (tertiary/aromatic N) is 1. The molecule has 1 aliphatic rings. The lowest BCUT2D eigenvalue weighted by Crippen LogP contribution is -2.29. The topological polar surface area (TPSA) is 23.5 Å². The van der Waals surface area contributed by atoms with E-state index < -0.39 is 0 Å². The minimum absolute atomic E-state index is 0.318. The second-order valence-corrected chi connectivity index (χ2v) is 7.55. The molecule has 1 atom stereocenters. The molecule has 2 nitrogen and oxygen atoms in total. The number of rotatable bonds is 11. The Kier molecular flexibility index (Phi) is 7.08. The van der Waals surface area contributed by atoms with Gasteiger partial charge in [0.1, 0.15) is 0 Å². The number of benzene rings is 2. The fourth-order valence-electron chi connectivity index (χ4n) is 3.72. The molecule has 2 heteroatoms. The van der Waals surface area contributed by atoms with Crippen LogP contribution < -0.4 is 0 Å². The molecule has 0 spiro atoms. The number of aliphatic hydroxyl groups excluding tert-OH is 1. The normalized spacial score (nSPS) is 15.4. The summed E-state index contributed by atoms with van der Waals surface area (Å²) in [5, 5.41) is 9.26. The maximum absolute atomic E-state index is 9.26. The first-order valence-electron chi connectivity index (χ1n) is 9.74. The van der Waals surface area contributed by atoms with Crippen LogP contribution in [-0.2, 0) is 13.1 Å². The van der Waals surface area contributed by atoms with Crippen molar-refractivity contribution in [2.75, 3.05) is 13.2 Å². The van der Waals surface area contributed by atoms with E-state index in [1.807, 2.05) is 0 Å². The zero-order valence-electron chi connectivity index (χ0n) is 15.2. The van der Waals surface area contributed by atoms with Crippen molar-refractivity contribution in [2.45, 2.75) is 45.2 Å². The first-order chi connectivity index (χ1) is 12.3. The summed E-state index contributed by atoms with van der Waals surface area (Å²) >= 11 is 0. The predicted octanol–water partition coefficient (Wildman–Crippen LogP) is 4.88. The lowest BCUT2D eigenvalue weighted by Gasteiger charge is -2.28. The Morgan fingerprint density at radius 1 is 0.880 bits per heavy atom. The van der Waals surface area contributed by atoms with Crippen molar-refractivity contribution >= 4 is 0 Å². The zero-order valence-corrected chi connectivity index (χ0v) is 15.2. The second kappa shape index (κ2) is 9.74. The van der Waals surface area contributed by atoms with E-state index in [1.54, 1.807) is 0 Å². The Balaban J connectivity index is 1.66. The highest BCUT2D eigenvalue weighted by molar-refractivity contribution is 5.17. The standard InChI is InChI=1S/C23H31NO/c25-15-7-12-23(16-20-13-14-20)19-24(17-21-8-3-1-4-9-21)18-22-10-5-2-6-11-22/h1-6,8-11,20,23,25H,7,12-19H2/t23-/m0/s1. The van der Waals surface area contributed by atoms with Crippen LogP contribution >= 0.6 is 0 Å². The highest BCUT2D eigenvalue weighted by Crippen LogP contribution is 2.37. The monoisotopic (exact) mass is 337 g/mol. The van der Waals surface area contributed by atoms with Gasteiger partial charge in [0.2, 0.25) is 0 Å². The molecule has 1 fully saturated rings. The maximum Gasteiger partial charge on any atom is 0.0431 e. The van der Waals surface area contributed by atoms with Gasteiger partial charge in [-0.3, -0.25) is 4.90 Å². The van der Waals surface area contributed by atoms with Crippen LogP contribution in [0.25, 0.3) is 0 Å². The highest BCUT2D eigenvalue weighted by atomic mass is 16.2. The maximum atomic E-state index is 9.26. The Hall–Kier alpha value is -1.64. The number of hydrogen-bond donors (Lipinski definition) is 1. The molecule has 2 aromatic rings. The van der Waals surface area contributed by atoms with Gasteiger partial charge in [0.15, 0.2) is 0 Å². The molecule has 2 aromatic carbocycles. The third kappa shape index (κ3) is 6.64. The van der Waals surface area contributed by atoms with Crippen LogP contribution in [0.3, 0.4) is 0 Å². The van der Waals surface area contributed by atoms with E-state index in [9.17, 15) is 5.11 Å². The largest absolute Gasteiger partial charge is 0.396 e. The summed E-state index contributed by atoms with van der Waals surface area (Å²) in [6, 6.07) is 21.6. The van der Waals surface area contributed by atoms with Gasteiger partial charge in [-0.05, 0) is 42.2 Å². The molecule has 1 saturated carbocycles. The predicted molar refractivity (Wildman–Crippen MR) is 104 cm³/mol. The van der Waals surface area contributed by atoms with Crippen molar-refractivity contribution in [1.29, 1.82) is 0 Å². The lowest BCUT2D eigenvalue weighted by molar-refractivity contribution is 0.187. The van der Waals surface area contributed by atoms with E-state index in [0.29, 0.717) is 12.5 Å². The van der Waals surface area contributed by atoms with Gasteiger partial charge in [0.05, 0.1) is 0 Å². The minimum Gasteiger partial charge on any atom is -0.396 e. The van der Waals surface area contributed by atoms with Gasteiger partial charge in [-0.25, -0.2) is 0 Å². The zero-order chi connectivity index (χ0) is 17.3. The molecule has 0 amide bonds. The SMILES string of the molecule is OCCC[C@@H](CC1CC1)CN(Cc1ccccc1)Cc1ccccc1. The van der Waals surface area contributed by atoms with Gasteiger partial charge in [0, 0.05) is 26.2 Å². The summed E-state index contributed by atoms with van der Waals surface area (Å²) in [6.45, 7) is 3.44. The first-order valence-corrected chi connectivity index (χ1v) is 9.74. The summed E-state index contributed by atoms with van der Waals surface area (Å²) < 4.78 is 0. The average molecular weight is 338 g/mol. The molecule has 0 saturated heterocycles. The van der Waals surface area contributed by atoms with Gasteiger partial charge in [-0.2, -0.15) is 0 Å². The summed E-state index contributed by atoms with van der Waals surface area (Å²) in [7, 11) is 0. The van der Waals surface area contributed by atoms with Crippen molar-refractivity contribution < 1.29 is 5.11 Å². The summed E-state index contributed by atoms with van der Waals surface area (Å²) in [5.74, 6) is 1.64. The van der Waals surface area contributed by atoms with Crippen LogP contribution in [0.2, 0.25) is 0 Å². The van der Waals surface area contributed by atoms with Gasteiger partial charge < -0.3 is 5.11 Å². The van der Waals surface area contributed by atoms with Crippen LogP contribution in [0.1, 0.15) is 43.2 Å². The average Bonchev–Trinajstić information content (AvgIpc) is 3.45. The minimum atomic E-state index is 0.318. The van der Waals surface area contributed by atoms with E-state index in [2.05, 4.69) is 65.6 Å². The molecule has 134 valence electrons. The third-order valence-electron chi connectivity index (χ3n) is 5.15. The Morgan fingerprint density at radius 2 is 1.44 bits per heavy atom. The van der Waals surface area contributed by atoms with Crippen molar-refractivity contribution in [3.8, 4) is 0 Å². The van der Waals surface area contributed by atoms with Crippen molar-refractivity contribution in [2.24, 2.45) is 11.8 Å². The Morgan fingerprint density at radius 3 is 1.92 bits per heavy atom. The fraction of sp³-hybridized carbons (Fsp3) is 0.478. The molecule has 3 rings (SSSR count). The molecule has 0 aromatic heterocycles. The highest BCUT2D eigenvalue weighted by Gasteiger charge is 2.26. The van der Waals surface area contributed by atoms with Gasteiger partial charge in [-0.1, -0.05) is 73.5 Å². The molecule has 0 aliphatic heterocycles. The van der Waals surface area contributed by atoms with E-state index in [4.69, 9.17) is 0 Å². The molecular formula is C23H31NO.